The summed E-state index contributed by atoms with van der Waals surface area (Å²) in [6.45, 7) is 3.73. The molecular weight excluding hydrogens is 197 g/mol. The predicted molar refractivity (Wildman–Crippen MR) is 56.4 cm³/mol. The maximum Gasteiger partial charge on any atom is 0.308 e. The van der Waals surface area contributed by atoms with Crippen LogP contribution in [0.4, 0.5) is 10.1 Å². The molecule has 82 valence electrons. The van der Waals surface area contributed by atoms with E-state index in [9.17, 15) is 9.18 Å². The summed E-state index contributed by atoms with van der Waals surface area (Å²) >= 11 is 0. The van der Waals surface area contributed by atoms with Crippen molar-refractivity contribution >= 4 is 11.7 Å². The minimum atomic E-state index is -0.845. The summed E-state index contributed by atoms with van der Waals surface area (Å²) < 4.78 is 12.8. The summed E-state index contributed by atoms with van der Waals surface area (Å²) in [7, 11) is 0. The van der Waals surface area contributed by atoms with Crippen LogP contribution in [-0.4, -0.2) is 17.6 Å². The van der Waals surface area contributed by atoms with Gasteiger partial charge < -0.3 is 10.4 Å². The molecule has 1 unspecified atom stereocenters. The Morgan fingerprint density at radius 3 is 2.80 bits per heavy atom. The number of carboxylic acid groups (broad SMARTS) is 1. The molecule has 0 aliphatic carbocycles. The Labute approximate surface area is 87.9 Å². The molecule has 1 rings (SSSR count). The second-order valence-electron chi connectivity index (χ2n) is 3.58. The number of anilines is 1. The fraction of sp³-hybridized carbons (Fsp3) is 0.364. The van der Waals surface area contributed by atoms with Crippen LogP contribution in [0.25, 0.3) is 0 Å². The van der Waals surface area contributed by atoms with E-state index >= 15 is 0 Å². The number of rotatable bonds is 4. The number of aryl methyl sites for hydroxylation is 1. The third-order valence-corrected chi connectivity index (χ3v) is 2.21. The quantitative estimate of drug-likeness (QED) is 0.803. The van der Waals surface area contributed by atoms with Gasteiger partial charge in [0.2, 0.25) is 0 Å². The summed E-state index contributed by atoms with van der Waals surface area (Å²) in [4.78, 5) is 10.6. The van der Waals surface area contributed by atoms with Crippen molar-refractivity contribution < 1.29 is 14.3 Å². The van der Waals surface area contributed by atoms with Crippen LogP contribution in [0.15, 0.2) is 18.2 Å². The van der Waals surface area contributed by atoms with Crippen molar-refractivity contribution in [1.29, 1.82) is 0 Å². The first-order valence-electron chi connectivity index (χ1n) is 4.73. The topological polar surface area (TPSA) is 49.3 Å². The zero-order valence-corrected chi connectivity index (χ0v) is 8.75. The molecule has 0 aromatic heterocycles. The third-order valence-electron chi connectivity index (χ3n) is 2.21. The largest absolute Gasteiger partial charge is 0.481 e. The first kappa shape index (κ1) is 11.5. The van der Waals surface area contributed by atoms with Gasteiger partial charge in [-0.25, -0.2) is 4.39 Å². The van der Waals surface area contributed by atoms with Gasteiger partial charge in [-0.3, -0.25) is 4.79 Å². The zero-order valence-electron chi connectivity index (χ0n) is 8.75. The van der Waals surface area contributed by atoms with Crippen molar-refractivity contribution in [2.45, 2.75) is 13.8 Å². The Hall–Kier alpha value is -1.58. The Balaban J connectivity index is 2.62. The van der Waals surface area contributed by atoms with Crippen LogP contribution < -0.4 is 5.32 Å². The number of nitrogens with one attached hydrogen (secondary N) is 1. The van der Waals surface area contributed by atoms with Crippen molar-refractivity contribution in [3.63, 3.8) is 0 Å². The summed E-state index contributed by atoms with van der Waals surface area (Å²) in [6, 6.07) is 4.37. The summed E-state index contributed by atoms with van der Waals surface area (Å²) in [6.07, 6.45) is 0. The SMILES string of the molecule is Cc1cc(F)ccc1NCC(C)C(=O)O. The Bertz CT molecular complexity index is 366. The van der Waals surface area contributed by atoms with Crippen LogP contribution in [0.2, 0.25) is 0 Å². The first-order chi connectivity index (χ1) is 7.00. The minimum Gasteiger partial charge on any atom is -0.481 e. The van der Waals surface area contributed by atoms with Gasteiger partial charge in [0.25, 0.3) is 0 Å². The average Bonchev–Trinajstić information content (AvgIpc) is 2.15. The highest BCUT2D eigenvalue weighted by Gasteiger charge is 2.10. The summed E-state index contributed by atoms with van der Waals surface area (Å²) in [5, 5.41) is 11.6. The van der Waals surface area contributed by atoms with E-state index in [1.54, 1.807) is 19.9 Å². The molecule has 0 spiro atoms. The van der Waals surface area contributed by atoms with E-state index < -0.39 is 11.9 Å². The molecule has 1 aromatic rings. The number of halogens is 1. The second-order valence-corrected chi connectivity index (χ2v) is 3.58. The number of benzene rings is 1. The fourth-order valence-electron chi connectivity index (χ4n) is 1.18. The molecule has 0 bridgehead atoms. The third kappa shape index (κ3) is 3.23. The minimum absolute atomic E-state index is 0.288. The molecule has 0 fully saturated rings. The van der Waals surface area contributed by atoms with Crippen LogP contribution in [0.3, 0.4) is 0 Å². The zero-order chi connectivity index (χ0) is 11.4. The van der Waals surface area contributed by atoms with E-state index in [0.717, 1.165) is 11.3 Å². The first-order valence-corrected chi connectivity index (χ1v) is 4.73. The molecule has 15 heavy (non-hydrogen) atoms. The standard InChI is InChI=1S/C11H14FNO2/c1-7-5-9(12)3-4-10(7)13-6-8(2)11(14)15/h3-5,8,13H,6H2,1-2H3,(H,14,15). The number of carboxylic acids is 1. The number of hydrogen-bond donors (Lipinski definition) is 2. The van der Waals surface area contributed by atoms with Crippen LogP contribution in [0.1, 0.15) is 12.5 Å². The highest BCUT2D eigenvalue weighted by atomic mass is 19.1. The molecule has 0 amide bonds. The highest BCUT2D eigenvalue weighted by Crippen LogP contribution is 2.15. The van der Waals surface area contributed by atoms with Gasteiger partial charge in [0, 0.05) is 12.2 Å². The van der Waals surface area contributed by atoms with E-state index in [1.165, 1.54) is 12.1 Å². The van der Waals surface area contributed by atoms with Gasteiger partial charge in [0.15, 0.2) is 0 Å². The molecule has 0 aliphatic rings. The van der Waals surface area contributed by atoms with Gasteiger partial charge in [-0.1, -0.05) is 6.92 Å². The van der Waals surface area contributed by atoms with E-state index in [0.29, 0.717) is 6.54 Å². The molecule has 0 saturated carbocycles. The summed E-state index contributed by atoms with van der Waals surface area (Å²) in [5.41, 5.74) is 1.54. The molecular formula is C11H14FNO2. The molecule has 0 heterocycles. The highest BCUT2D eigenvalue weighted by molar-refractivity contribution is 5.70. The maximum absolute atomic E-state index is 12.8. The van der Waals surface area contributed by atoms with Crippen LogP contribution in [-0.2, 0) is 4.79 Å². The Morgan fingerprint density at radius 1 is 1.60 bits per heavy atom. The Kier molecular flexibility index (Phi) is 3.66. The van der Waals surface area contributed by atoms with E-state index in [4.69, 9.17) is 5.11 Å². The van der Waals surface area contributed by atoms with Crippen molar-refractivity contribution in [3.05, 3.63) is 29.6 Å². The van der Waals surface area contributed by atoms with E-state index in [2.05, 4.69) is 5.32 Å². The molecule has 2 N–H and O–H groups in total. The lowest BCUT2D eigenvalue weighted by Gasteiger charge is -2.11. The molecule has 0 aliphatic heterocycles. The lowest BCUT2D eigenvalue weighted by molar-refractivity contribution is -0.140. The van der Waals surface area contributed by atoms with Gasteiger partial charge in [-0.15, -0.1) is 0 Å². The molecule has 0 saturated heterocycles. The van der Waals surface area contributed by atoms with Crippen LogP contribution in [0.5, 0.6) is 0 Å². The molecule has 1 atom stereocenters. The van der Waals surface area contributed by atoms with E-state index in [-0.39, 0.29) is 5.82 Å². The van der Waals surface area contributed by atoms with Crippen molar-refractivity contribution in [2.75, 3.05) is 11.9 Å². The molecule has 4 heteroatoms. The monoisotopic (exact) mass is 211 g/mol. The number of aliphatic carboxylic acids is 1. The summed E-state index contributed by atoms with van der Waals surface area (Å²) in [5.74, 6) is -1.60. The van der Waals surface area contributed by atoms with Crippen LogP contribution in [0, 0.1) is 18.7 Å². The lowest BCUT2D eigenvalue weighted by Crippen LogP contribution is -2.19. The molecule has 1 aromatic carbocycles. The molecule has 0 radical (unpaired) electrons. The predicted octanol–water partition coefficient (Wildman–Crippen LogP) is 2.27. The van der Waals surface area contributed by atoms with Crippen molar-refractivity contribution in [1.82, 2.24) is 0 Å². The average molecular weight is 211 g/mol. The van der Waals surface area contributed by atoms with Gasteiger partial charge in [-0.05, 0) is 30.7 Å². The van der Waals surface area contributed by atoms with Gasteiger partial charge >= 0.3 is 5.97 Å². The maximum atomic E-state index is 12.8. The Morgan fingerprint density at radius 2 is 2.27 bits per heavy atom. The van der Waals surface area contributed by atoms with Crippen LogP contribution >= 0.6 is 0 Å². The van der Waals surface area contributed by atoms with Crippen molar-refractivity contribution in [3.8, 4) is 0 Å². The second kappa shape index (κ2) is 4.77. The van der Waals surface area contributed by atoms with E-state index in [1.807, 2.05) is 0 Å². The fourth-order valence-corrected chi connectivity index (χ4v) is 1.18. The van der Waals surface area contributed by atoms with Gasteiger partial charge in [0.05, 0.1) is 5.92 Å². The normalized spacial score (nSPS) is 12.2. The van der Waals surface area contributed by atoms with Gasteiger partial charge in [0.1, 0.15) is 5.82 Å². The lowest BCUT2D eigenvalue weighted by atomic mass is 10.1. The molecule has 3 nitrogen and oxygen atoms in total. The van der Waals surface area contributed by atoms with Gasteiger partial charge in [-0.2, -0.15) is 0 Å². The number of hydrogen-bond acceptors (Lipinski definition) is 2. The van der Waals surface area contributed by atoms with Crippen molar-refractivity contribution in [2.24, 2.45) is 5.92 Å². The smallest absolute Gasteiger partial charge is 0.308 e. The number of carbonyl (C=O) groups is 1.